The number of anilines is 1. The van der Waals surface area contributed by atoms with E-state index in [0.29, 0.717) is 0 Å². The monoisotopic (exact) mass is 249 g/mol. The Morgan fingerprint density at radius 1 is 1.17 bits per heavy atom. The third-order valence-corrected chi connectivity index (χ3v) is 3.75. The molecule has 1 aliphatic carbocycles. The third kappa shape index (κ3) is 3.31. The van der Waals surface area contributed by atoms with Crippen molar-refractivity contribution in [2.24, 2.45) is 5.92 Å². The van der Waals surface area contributed by atoms with Crippen LogP contribution in [0.2, 0.25) is 0 Å². The SMILES string of the molecule is COc1ccc(NCCC2CCCC2)c(OC)c1. The van der Waals surface area contributed by atoms with E-state index in [4.69, 9.17) is 9.47 Å². The van der Waals surface area contributed by atoms with Crippen molar-refractivity contribution in [1.29, 1.82) is 0 Å². The van der Waals surface area contributed by atoms with Gasteiger partial charge in [-0.2, -0.15) is 0 Å². The first-order chi connectivity index (χ1) is 8.83. The molecule has 0 bridgehead atoms. The van der Waals surface area contributed by atoms with Crippen LogP contribution in [0.15, 0.2) is 18.2 Å². The number of ether oxygens (including phenoxy) is 2. The van der Waals surface area contributed by atoms with E-state index in [2.05, 4.69) is 5.32 Å². The van der Waals surface area contributed by atoms with Crippen LogP contribution in [0.1, 0.15) is 32.1 Å². The van der Waals surface area contributed by atoms with Gasteiger partial charge in [0, 0.05) is 12.6 Å². The number of rotatable bonds is 6. The molecule has 18 heavy (non-hydrogen) atoms. The summed E-state index contributed by atoms with van der Waals surface area (Å²) in [5.41, 5.74) is 1.05. The smallest absolute Gasteiger partial charge is 0.145 e. The molecule has 1 aliphatic rings. The van der Waals surface area contributed by atoms with Crippen LogP contribution in [-0.2, 0) is 0 Å². The fraction of sp³-hybridized carbons (Fsp3) is 0.600. The van der Waals surface area contributed by atoms with E-state index in [9.17, 15) is 0 Å². The van der Waals surface area contributed by atoms with E-state index in [1.54, 1.807) is 14.2 Å². The lowest BCUT2D eigenvalue weighted by molar-refractivity contribution is 0.395. The van der Waals surface area contributed by atoms with Gasteiger partial charge in [-0.3, -0.25) is 0 Å². The van der Waals surface area contributed by atoms with Crippen molar-refractivity contribution >= 4 is 5.69 Å². The van der Waals surface area contributed by atoms with Crippen LogP contribution in [0.3, 0.4) is 0 Å². The average molecular weight is 249 g/mol. The van der Waals surface area contributed by atoms with Gasteiger partial charge >= 0.3 is 0 Å². The van der Waals surface area contributed by atoms with Crippen molar-refractivity contribution in [1.82, 2.24) is 0 Å². The summed E-state index contributed by atoms with van der Waals surface area (Å²) in [6, 6.07) is 5.89. The number of methoxy groups -OCH3 is 2. The molecule has 1 N–H and O–H groups in total. The highest BCUT2D eigenvalue weighted by atomic mass is 16.5. The summed E-state index contributed by atoms with van der Waals surface area (Å²) in [7, 11) is 3.36. The Morgan fingerprint density at radius 2 is 1.94 bits per heavy atom. The second kappa shape index (κ2) is 6.53. The molecule has 0 aliphatic heterocycles. The van der Waals surface area contributed by atoms with E-state index in [-0.39, 0.29) is 0 Å². The van der Waals surface area contributed by atoms with E-state index in [1.165, 1.54) is 32.1 Å². The predicted octanol–water partition coefficient (Wildman–Crippen LogP) is 3.70. The summed E-state index contributed by atoms with van der Waals surface area (Å²) in [6.45, 7) is 1.02. The summed E-state index contributed by atoms with van der Waals surface area (Å²) in [5.74, 6) is 2.59. The van der Waals surface area contributed by atoms with Crippen molar-refractivity contribution < 1.29 is 9.47 Å². The van der Waals surface area contributed by atoms with Crippen LogP contribution in [-0.4, -0.2) is 20.8 Å². The molecule has 0 heterocycles. The maximum Gasteiger partial charge on any atom is 0.145 e. The first-order valence-corrected chi connectivity index (χ1v) is 6.79. The minimum atomic E-state index is 0.827. The topological polar surface area (TPSA) is 30.5 Å². The normalized spacial score (nSPS) is 15.7. The molecule has 0 amide bonds. The quantitative estimate of drug-likeness (QED) is 0.834. The van der Waals surface area contributed by atoms with E-state index in [0.717, 1.165) is 29.6 Å². The summed E-state index contributed by atoms with van der Waals surface area (Å²) in [6.07, 6.45) is 6.89. The standard InChI is InChI=1S/C15H23NO2/c1-17-13-7-8-14(15(11-13)18-2)16-10-9-12-5-3-4-6-12/h7-8,11-12,16H,3-6,9-10H2,1-2H3. The summed E-state index contributed by atoms with van der Waals surface area (Å²) < 4.78 is 10.6. The average Bonchev–Trinajstić information content (AvgIpc) is 2.92. The highest BCUT2D eigenvalue weighted by Gasteiger charge is 2.14. The lowest BCUT2D eigenvalue weighted by Gasteiger charge is -2.14. The first kappa shape index (κ1) is 13.1. The van der Waals surface area contributed by atoms with E-state index >= 15 is 0 Å². The van der Waals surface area contributed by atoms with Crippen LogP contribution in [0.5, 0.6) is 11.5 Å². The van der Waals surface area contributed by atoms with Gasteiger partial charge in [-0.1, -0.05) is 25.7 Å². The fourth-order valence-corrected chi connectivity index (χ4v) is 2.65. The molecule has 1 aromatic carbocycles. The molecule has 1 fully saturated rings. The number of nitrogens with one attached hydrogen (secondary N) is 1. The van der Waals surface area contributed by atoms with Gasteiger partial charge in [-0.25, -0.2) is 0 Å². The van der Waals surface area contributed by atoms with Crippen LogP contribution >= 0.6 is 0 Å². The molecule has 0 atom stereocenters. The largest absolute Gasteiger partial charge is 0.497 e. The fourth-order valence-electron chi connectivity index (χ4n) is 2.65. The third-order valence-electron chi connectivity index (χ3n) is 3.75. The molecule has 0 spiro atoms. The zero-order valence-corrected chi connectivity index (χ0v) is 11.4. The molecule has 1 saturated carbocycles. The van der Waals surface area contributed by atoms with Crippen molar-refractivity contribution in [3.05, 3.63) is 18.2 Å². The molecule has 100 valence electrons. The molecule has 3 nitrogen and oxygen atoms in total. The molecule has 2 rings (SSSR count). The second-order valence-corrected chi connectivity index (χ2v) is 4.93. The predicted molar refractivity (Wildman–Crippen MR) is 74.6 cm³/mol. The molecule has 0 radical (unpaired) electrons. The second-order valence-electron chi connectivity index (χ2n) is 4.93. The minimum Gasteiger partial charge on any atom is -0.497 e. The van der Waals surface area contributed by atoms with Crippen molar-refractivity contribution in [2.45, 2.75) is 32.1 Å². The Hall–Kier alpha value is -1.38. The molecular weight excluding hydrogens is 226 g/mol. The Labute approximate surface area is 109 Å². The maximum atomic E-state index is 5.37. The van der Waals surface area contributed by atoms with Gasteiger partial charge in [0.15, 0.2) is 0 Å². The van der Waals surface area contributed by atoms with Gasteiger partial charge in [0.05, 0.1) is 19.9 Å². The Balaban J connectivity index is 1.87. The van der Waals surface area contributed by atoms with Gasteiger partial charge in [-0.15, -0.1) is 0 Å². The molecule has 0 unspecified atom stereocenters. The molecule has 0 aromatic heterocycles. The number of benzene rings is 1. The first-order valence-electron chi connectivity index (χ1n) is 6.79. The molecule has 0 saturated heterocycles. The molecule has 3 heteroatoms. The van der Waals surface area contributed by atoms with E-state index < -0.39 is 0 Å². The van der Waals surface area contributed by atoms with Crippen molar-refractivity contribution in [3.63, 3.8) is 0 Å². The molecular formula is C15H23NO2. The van der Waals surface area contributed by atoms with Gasteiger partial charge in [0.25, 0.3) is 0 Å². The van der Waals surface area contributed by atoms with Crippen LogP contribution in [0, 0.1) is 5.92 Å². The highest BCUT2D eigenvalue weighted by Crippen LogP contribution is 2.30. The van der Waals surface area contributed by atoms with Crippen molar-refractivity contribution in [3.8, 4) is 11.5 Å². The van der Waals surface area contributed by atoms with Gasteiger partial charge in [-0.05, 0) is 24.5 Å². The van der Waals surface area contributed by atoms with Crippen LogP contribution < -0.4 is 14.8 Å². The zero-order valence-electron chi connectivity index (χ0n) is 11.4. The van der Waals surface area contributed by atoms with Crippen molar-refractivity contribution in [2.75, 3.05) is 26.1 Å². The lowest BCUT2D eigenvalue weighted by Crippen LogP contribution is -2.07. The molecule has 1 aromatic rings. The Morgan fingerprint density at radius 3 is 2.61 bits per heavy atom. The summed E-state index contributed by atoms with van der Waals surface area (Å²) in [4.78, 5) is 0. The van der Waals surface area contributed by atoms with Crippen LogP contribution in [0.4, 0.5) is 5.69 Å². The Kier molecular flexibility index (Phi) is 4.73. The van der Waals surface area contributed by atoms with Crippen LogP contribution in [0.25, 0.3) is 0 Å². The number of hydrogen-bond donors (Lipinski definition) is 1. The van der Waals surface area contributed by atoms with Gasteiger partial charge in [0.1, 0.15) is 11.5 Å². The number of hydrogen-bond acceptors (Lipinski definition) is 3. The highest BCUT2D eigenvalue weighted by molar-refractivity contribution is 5.59. The summed E-state index contributed by atoms with van der Waals surface area (Å²) in [5, 5.41) is 3.46. The van der Waals surface area contributed by atoms with E-state index in [1.807, 2.05) is 18.2 Å². The maximum absolute atomic E-state index is 5.37. The Bertz CT molecular complexity index is 373. The van der Waals surface area contributed by atoms with Gasteiger partial charge < -0.3 is 14.8 Å². The summed E-state index contributed by atoms with van der Waals surface area (Å²) >= 11 is 0. The minimum absolute atomic E-state index is 0.827. The van der Waals surface area contributed by atoms with Gasteiger partial charge in [0.2, 0.25) is 0 Å². The lowest BCUT2D eigenvalue weighted by atomic mass is 10.0. The zero-order chi connectivity index (χ0) is 12.8.